The maximum Gasteiger partial charge on any atom is 0.240 e. The lowest BCUT2D eigenvalue weighted by atomic mass is 10.3. The number of nitrogens with one attached hydrogen (secondary N) is 2. The van der Waals surface area contributed by atoms with Gasteiger partial charge in [0, 0.05) is 6.54 Å². The van der Waals surface area contributed by atoms with Crippen molar-refractivity contribution in [1.29, 1.82) is 0 Å². The summed E-state index contributed by atoms with van der Waals surface area (Å²) >= 11 is 0. The van der Waals surface area contributed by atoms with Gasteiger partial charge in [-0.25, -0.2) is 18.1 Å². The van der Waals surface area contributed by atoms with E-state index in [2.05, 4.69) is 14.7 Å². The molecule has 2 rings (SSSR count). The summed E-state index contributed by atoms with van der Waals surface area (Å²) in [5.41, 5.74) is 1.49. The van der Waals surface area contributed by atoms with Crippen molar-refractivity contribution >= 4 is 21.1 Å². The summed E-state index contributed by atoms with van der Waals surface area (Å²) in [5, 5.41) is 0. The Kier molecular flexibility index (Phi) is 3.44. The lowest BCUT2D eigenvalue weighted by Gasteiger charge is -2.05. The minimum atomic E-state index is -3.40. The second-order valence-electron chi connectivity index (χ2n) is 3.83. The number of imidazole rings is 1. The minimum absolute atomic E-state index is 0.269. The quantitative estimate of drug-likeness (QED) is 0.795. The number of benzene rings is 1. The largest absolute Gasteiger partial charge is 0.345 e. The van der Waals surface area contributed by atoms with E-state index in [-0.39, 0.29) is 4.90 Å². The van der Waals surface area contributed by atoms with E-state index in [1.165, 1.54) is 0 Å². The van der Waals surface area contributed by atoms with Crippen LogP contribution in [0.15, 0.2) is 29.4 Å². The van der Waals surface area contributed by atoms with Crippen molar-refractivity contribution in [2.75, 3.05) is 6.54 Å². The molecule has 0 radical (unpaired) electrons. The molecule has 1 heterocycles. The third-order valence-electron chi connectivity index (χ3n) is 2.52. The first-order valence-corrected chi connectivity index (χ1v) is 7.04. The fraction of sp³-hybridized carbons (Fsp3) is 0.364. The lowest BCUT2D eigenvalue weighted by Crippen LogP contribution is -2.24. The molecule has 0 spiro atoms. The molecule has 0 aliphatic heterocycles. The zero-order valence-corrected chi connectivity index (χ0v) is 10.4. The zero-order valence-electron chi connectivity index (χ0n) is 9.60. The number of sulfonamides is 1. The number of rotatable bonds is 5. The first-order chi connectivity index (χ1) is 8.13. The second kappa shape index (κ2) is 4.85. The molecule has 0 unspecified atom stereocenters. The molecule has 2 aromatic rings. The van der Waals surface area contributed by atoms with Crippen LogP contribution in [0.5, 0.6) is 0 Å². The number of fused-ring (bicyclic) bond motifs is 1. The lowest BCUT2D eigenvalue weighted by molar-refractivity contribution is 0.578. The summed E-state index contributed by atoms with van der Waals surface area (Å²) in [6, 6.07) is 4.86. The van der Waals surface area contributed by atoms with Crippen molar-refractivity contribution < 1.29 is 8.42 Å². The van der Waals surface area contributed by atoms with Crippen molar-refractivity contribution in [1.82, 2.24) is 14.7 Å². The zero-order chi connectivity index (χ0) is 12.3. The van der Waals surface area contributed by atoms with Gasteiger partial charge in [-0.1, -0.05) is 13.3 Å². The smallest absolute Gasteiger partial charge is 0.240 e. The van der Waals surface area contributed by atoms with Gasteiger partial charge in [0.2, 0.25) is 10.0 Å². The van der Waals surface area contributed by atoms with E-state index in [0.717, 1.165) is 23.9 Å². The third kappa shape index (κ3) is 2.65. The molecule has 0 saturated carbocycles. The molecule has 1 aromatic carbocycles. The number of hydrogen-bond donors (Lipinski definition) is 2. The minimum Gasteiger partial charge on any atom is -0.345 e. The maximum atomic E-state index is 11.9. The number of aromatic nitrogens is 2. The SMILES string of the molecule is CCCCNS(=O)(=O)c1ccc2nc[nH]c2c1. The Morgan fingerprint density at radius 1 is 1.41 bits per heavy atom. The summed E-state index contributed by atoms with van der Waals surface area (Å²) in [6.07, 6.45) is 3.35. The van der Waals surface area contributed by atoms with Crippen molar-refractivity contribution in [3.63, 3.8) is 0 Å². The van der Waals surface area contributed by atoms with E-state index in [0.29, 0.717) is 6.54 Å². The highest BCUT2D eigenvalue weighted by atomic mass is 32.2. The average Bonchev–Trinajstić information content (AvgIpc) is 2.76. The van der Waals surface area contributed by atoms with Gasteiger partial charge in [0.05, 0.1) is 22.3 Å². The summed E-state index contributed by atoms with van der Waals surface area (Å²) in [6.45, 7) is 2.49. The molecule has 2 N–H and O–H groups in total. The predicted molar refractivity (Wildman–Crippen MR) is 66.2 cm³/mol. The van der Waals surface area contributed by atoms with Gasteiger partial charge in [-0.3, -0.25) is 0 Å². The molecule has 5 nitrogen and oxygen atoms in total. The van der Waals surface area contributed by atoms with Gasteiger partial charge in [0.25, 0.3) is 0 Å². The van der Waals surface area contributed by atoms with Gasteiger partial charge in [-0.15, -0.1) is 0 Å². The monoisotopic (exact) mass is 253 g/mol. The number of aromatic amines is 1. The highest BCUT2D eigenvalue weighted by molar-refractivity contribution is 7.89. The van der Waals surface area contributed by atoms with E-state index in [1.54, 1.807) is 24.5 Å². The summed E-state index contributed by atoms with van der Waals surface area (Å²) < 4.78 is 26.4. The van der Waals surface area contributed by atoms with Crippen LogP contribution in [0.2, 0.25) is 0 Å². The van der Waals surface area contributed by atoms with Crippen molar-refractivity contribution in [2.24, 2.45) is 0 Å². The van der Waals surface area contributed by atoms with Gasteiger partial charge in [0.15, 0.2) is 0 Å². The molecule has 0 fully saturated rings. The molecule has 1 aromatic heterocycles. The molecule has 0 saturated heterocycles. The number of hydrogen-bond acceptors (Lipinski definition) is 3. The fourth-order valence-electron chi connectivity index (χ4n) is 1.55. The molecule has 6 heteroatoms. The molecule has 17 heavy (non-hydrogen) atoms. The van der Waals surface area contributed by atoms with Gasteiger partial charge in [-0.2, -0.15) is 0 Å². The highest BCUT2D eigenvalue weighted by Crippen LogP contribution is 2.15. The van der Waals surface area contributed by atoms with Gasteiger partial charge in [0.1, 0.15) is 0 Å². The number of H-pyrrole nitrogens is 1. The van der Waals surface area contributed by atoms with Crippen LogP contribution in [0.3, 0.4) is 0 Å². The van der Waals surface area contributed by atoms with Gasteiger partial charge < -0.3 is 4.98 Å². The predicted octanol–water partition coefficient (Wildman–Crippen LogP) is 1.64. The van der Waals surface area contributed by atoms with E-state index in [1.807, 2.05) is 6.92 Å². The average molecular weight is 253 g/mol. The van der Waals surface area contributed by atoms with E-state index in [9.17, 15) is 8.42 Å². The first kappa shape index (κ1) is 12.1. The normalized spacial score (nSPS) is 12.1. The van der Waals surface area contributed by atoms with E-state index >= 15 is 0 Å². The van der Waals surface area contributed by atoms with Gasteiger partial charge in [-0.05, 0) is 24.6 Å². The maximum absolute atomic E-state index is 11.9. The van der Waals surface area contributed by atoms with E-state index in [4.69, 9.17) is 0 Å². The molecule has 0 bridgehead atoms. The molecule has 0 amide bonds. The fourth-order valence-corrected chi connectivity index (χ4v) is 2.65. The van der Waals surface area contributed by atoms with E-state index < -0.39 is 10.0 Å². The molecule has 0 aliphatic rings. The van der Waals surface area contributed by atoms with Crippen LogP contribution in [0, 0.1) is 0 Å². The Labute approximate surface area is 100 Å². The Hall–Kier alpha value is -1.40. The van der Waals surface area contributed by atoms with Crippen LogP contribution in [0.25, 0.3) is 11.0 Å². The van der Waals surface area contributed by atoms with Crippen LogP contribution in [-0.4, -0.2) is 24.9 Å². The third-order valence-corrected chi connectivity index (χ3v) is 3.98. The number of unbranched alkanes of at least 4 members (excludes halogenated alkanes) is 1. The van der Waals surface area contributed by atoms with Crippen LogP contribution in [0.4, 0.5) is 0 Å². The van der Waals surface area contributed by atoms with Crippen molar-refractivity contribution in [3.8, 4) is 0 Å². The Morgan fingerprint density at radius 2 is 2.24 bits per heavy atom. The molecule has 0 atom stereocenters. The van der Waals surface area contributed by atoms with Crippen molar-refractivity contribution in [3.05, 3.63) is 24.5 Å². The molecular weight excluding hydrogens is 238 g/mol. The molecule has 0 aliphatic carbocycles. The summed E-state index contributed by atoms with van der Waals surface area (Å²) in [4.78, 5) is 7.21. The topological polar surface area (TPSA) is 74.8 Å². The van der Waals surface area contributed by atoms with Crippen LogP contribution in [-0.2, 0) is 10.0 Å². The second-order valence-corrected chi connectivity index (χ2v) is 5.60. The summed E-state index contributed by atoms with van der Waals surface area (Å²) in [5.74, 6) is 0. The Morgan fingerprint density at radius 3 is 3.00 bits per heavy atom. The first-order valence-electron chi connectivity index (χ1n) is 5.56. The summed E-state index contributed by atoms with van der Waals surface area (Å²) in [7, 11) is -3.40. The van der Waals surface area contributed by atoms with Crippen LogP contribution < -0.4 is 4.72 Å². The highest BCUT2D eigenvalue weighted by Gasteiger charge is 2.13. The van der Waals surface area contributed by atoms with Crippen LogP contribution in [0.1, 0.15) is 19.8 Å². The standard InChI is InChI=1S/C11H15N3O2S/c1-2-3-6-14-17(15,16)9-4-5-10-11(7-9)13-8-12-10/h4-5,7-8,14H,2-3,6H2,1H3,(H,12,13). The van der Waals surface area contributed by atoms with Crippen molar-refractivity contribution in [2.45, 2.75) is 24.7 Å². The Balaban J connectivity index is 2.25. The number of nitrogens with zero attached hydrogens (tertiary/aromatic N) is 1. The van der Waals surface area contributed by atoms with Crippen LogP contribution >= 0.6 is 0 Å². The molecular formula is C11H15N3O2S. The Bertz CT molecular complexity index is 604. The van der Waals surface area contributed by atoms with Gasteiger partial charge >= 0.3 is 0 Å². The molecule has 92 valence electrons.